The fourth-order valence-corrected chi connectivity index (χ4v) is 3.36. The Morgan fingerprint density at radius 3 is 2.68 bits per heavy atom. The summed E-state index contributed by atoms with van der Waals surface area (Å²) in [7, 11) is 1.85. The molecule has 0 saturated heterocycles. The number of aromatic nitrogens is 9. The third-order valence-corrected chi connectivity index (χ3v) is 4.72. The second-order valence-electron chi connectivity index (χ2n) is 7.15. The number of nitrogen functional groups attached to an aromatic ring is 1. The molecular weight excluding hydrogens is 360 g/mol. The van der Waals surface area contributed by atoms with E-state index in [4.69, 9.17) is 25.4 Å². The Bertz CT molecular complexity index is 1190. The lowest BCUT2D eigenvalue weighted by atomic mass is 10.1. The van der Waals surface area contributed by atoms with E-state index in [9.17, 15) is 0 Å². The molecule has 0 amide bonds. The van der Waals surface area contributed by atoms with Gasteiger partial charge in [0.25, 0.3) is 5.82 Å². The van der Waals surface area contributed by atoms with Gasteiger partial charge in [0.05, 0.1) is 19.2 Å². The molecule has 4 aromatic rings. The van der Waals surface area contributed by atoms with Crippen LogP contribution in [0.2, 0.25) is 0 Å². The summed E-state index contributed by atoms with van der Waals surface area (Å²) in [4.78, 5) is 22.5. The summed E-state index contributed by atoms with van der Waals surface area (Å²) in [5.74, 6) is 2.14. The number of imidazole rings is 1. The lowest BCUT2D eigenvalue weighted by Crippen LogP contribution is -2.33. The number of nitrogens with zero attached hydrogens (tertiary/aromatic N) is 9. The Balaban J connectivity index is 1.82. The van der Waals surface area contributed by atoms with Crippen molar-refractivity contribution in [3.63, 3.8) is 0 Å². The molecule has 5 heterocycles. The molecule has 11 heteroatoms. The maximum atomic E-state index is 5.91. The molecule has 11 nitrogen and oxygen atoms in total. The van der Waals surface area contributed by atoms with Crippen molar-refractivity contribution in [2.24, 2.45) is 7.05 Å². The van der Waals surface area contributed by atoms with Crippen molar-refractivity contribution < 1.29 is 9.30 Å². The number of ether oxygens (including phenoxy) is 1. The number of rotatable bonds is 2. The highest BCUT2D eigenvalue weighted by molar-refractivity contribution is 5.80. The summed E-state index contributed by atoms with van der Waals surface area (Å²) in [6.07, 6.45) is 6.74. The van der Waals surface area contributed by atoms with Gasteiger partial charge in [-0.25, -0.2) is 15.0 Å². The van der Waals surface area contributed by atoms with Crippen LogP contribution in [0.4, 0.5) is 5.95 Å². The standard InChI is InChI=1S/C17H19N10O/c1-17(2)15-22-11-13(26-8-21-25(3)9-26)23-12(10-6-19-16(18)20-7-10)24-14(11)27(15)4-5-28-17/h6-9H,4-5H2,1-3H3,(H2,18,19,20)/q+1. The van der Waals surface area contributed by atoms with Crippen LogP contribution in [0.25, 0.3) is 28.4 Å². The zero-order valence-corrected chi connectivity index (χ0v) is 15.7. The number of hydrogen-bond donors (Lipinski definition) is 1. The summed E-state index contributed by atoms with van der Waals surface area (Å²) >= 11 is 0. The first-order valence-electron chi connectivity index (χ1n) is 8.83. The van der Waals surface area contributed by atoms with Crippen LogP contribution in [0.15, 0.2) is 25.0 Å². The third kappa shape index (κ3) is 2.51. The van der Waals surface area contributed by atoms with Crippen molar-refractivity contribution >= 4 is 17.1 Å². The molecule has 0 atom stereocenters. The number of aryl methyl sites for hydroxylation is 1. The van der Waals surface area contributed by atoms with Crippen molar-refractivity contribution in [1.29, 1.82) is 0 Å². The molecule has 0 aliphatic carbocycles. The molecule has 1 aliphatic rings. The van der Waals surface area contributed by atoms with Gasteiger partial charge in [0, 0.05) is 18.9 Å². The highest BCUT2D eigenvalue weighted by atomic mass is 16.5. The van der Waals surface area contributed by atoms with E-state index in [0.717, 1.165) is 11.5 Å². The van der Waals surface area contributed by atoms with Crippen LogP contribution in [-0.4, -0.2) is 45.9 Å². The number of nitrogens with two attached hydrogens (primary N) is 1. The minimum atomic E-state index is -0.514. The molecule has 1 aliphatic heterocycles. The molecule has 4 aromatic heterocycles. The van der Waals surface area contributed by atoms with E-state index in [1.807, 2.05) is 31.8 Å². The van der Waals surface area contributed by atoms with Crippen LogP contribution in [0.1, 0.15) is 19.7 Å². The fraction of sp³-hybridized carbons (Fsp3) is 0.353. The quantitative estimate of drug-likeness (QED) is 0.487. The van der Waals surface area contributed by atoms with E-state index in [0.29, 0.717) is 35.9 Å². The van der Waals surface area contributed by atoms with E-state index in [1.165, 1.54) is 0 Å². The molecular formula is C17H19N10O+. The average Bonchev–Trinajstić information content (AvgIpc) is 3.26. The SMILES string of the molecule is Cn1c[n+](-c2nc(-c3cnc(N)nc3)nc3c2nc2n3CCOC2(C)C)cn1. The Labute approximate surface area is 159 Å². The topological polar surface area (TPSA) is 126 Å². The Morgan fingerprint density at radius 1 is 1.18 bits per heavy atom. The molecule has 0 unspecified atom stereocenters. The number of fused-ring (bicyclic) bond motifs is 3. The van der Waals surface area contributed by atoms with Gasteiger partial charge in [0.2, 0.25) is 18.1 Å². The Morgan fingerprint density at radius 2 is 1.96 bits per heavy atom. The van der Waals surface area contributed by atoms with E-state index in [1.54, 1.807) is 23.4 Å². The minimum Gasteiger partial charge on any atom is -0.368 e. The van der Waals surface area contributed by atoms with Crippen molar-refractivity contribution in [3.05, 3.63) is 30.9 Å². The minimum absolute atomic E-state index is 0.201. The van der Waals surface area contributed by atoms with Crippen LogP contribution < -0.4 is 10.3 Å². The lowest BCUT2D eigenvalue weighted by Gasteiger charge is -2.30. The zero-order chi connectivity index (χ0) is 19.5. The van der Waals surface area contributed by atoms with E-state index in [-0.39, 0.29) is 5.95 Å². The van der Waals surface area contributed by atoms with Gasteiger partial charge in [0.1, 0.15) is 11.4 Å². The summed E-state index contributed by atoms with van der Waals surface area (Å²) < 4.78 is 11.5. The largest absolute Gasteiger partial charge is 0.368 e. The zero-order valence-electron chi connectivity index (χ0n) is 15.7. The molecule has 5 rings (SSSR count). The summed E-state index contributed by atoms with van der Waals surface area (Å²) in [6.45, 7) is 5.26. The molecule has 0 aromatic carbocycles. The molecule has 142 valence electrons. The Hall–Kier alpha value is -3.47. The Kier molecular flexibility index (Phi) is 3.43. The van der Waals surface area contributed by atoms with E-state index < -0.39 is 5.60 Å². The highest BCUT2D eigenvalue weighted by Gasteiger charge is 2.34. The first kappa shape index (κ1) is 16.7. The summed E-state index contributed by atoms with van der Waals surface area (Å²) in [5.41, 5.74) is 7.20. The van der Waals surface area contributed by atoms with Gasteiger partial charge in [-0.2, -0.15) is 14.2 Å². The third-order valence-electron chi connectivity index (χ3n) is 4.72. The van der Waals surface area contributed by atoms with Gasteiger partial charge in [0.15, 0.2) is 17.5 Å². The summed E-state index contributed by atoms with van der Waals surface area (Å²) in [5, 5.41) is 4.24. The molecule has 0 fully saturated rings. The second-order valence-corrected chi connectivity index (χ2v) is 7.15. The van der Waals surface area contributed by atoms with Crippen LogP contribution in [0.5, 0.6) is 0 Å². The lowest BCUT2D eigenvalue weighted by molar-refractivity contribution is -0.598. The average molecular weight is 379 g/mol. The van der Waals surface area contributed by atoms with Crippen LogP contribution in [0, 0.1) is 0 Å². The first-order chi connectivity index (χ1) is 13.4. The van der Waals surface area contributed by atoms with Gasteiger partial charge < -0.3 is 15.0 Å². The van der Waals surface area contributed by atoms with Crippen molar-refractivity contribution in [2.75, 3.05) is 12.3 Å². The molecule has 2 N–H and O–H groups in total. The van der Waals surface area contributed by atoms with Gasteiger partial charge >= 0.3 is 0 Å². The molecule has 0 radical (unpaired) electrons. The maximum Gasteiger partial charge on any atom is 0.269 e. The van der Waals surface area contributed by atoms with Crippen LogP contribution >= 0.6 is 0 Å². The van der Waals surface area contributed by atoms with Gasteiger partial charge in [-0.15, -0.1) is 4.98 Å². The normalized spacial score (nSPS) is 15.7. The summed E-state index contributed by atoms with van der Waals surface area (Å²) in [6, 6.07) is 0. The molecule has 0 bridgehead atoms. The maximum absolute atomic E-state index is 5.91. The molecule has 0 spiro atoms. The molecule has 28 heavy (non-hydrogen) atoms. The van der Waals surface area contributed by atoms with Crippen LogP contribution in [0.3, 0.4) is 0 Å². The smallest absolute Gasteiger partial charge is 0.269 e. The van der Waals surface area contributed by atoms with E-state index in [2.05, 4.69) is 19.6 Å². The second kappa shape index (κ2) is 5.76. The van der Waals surface area contributed by atoms with Crippen molar-refractivity contribution in [3.8, 4) is 17.2 Å². The predicted molar refractivity (Wildman–Crippen MR) is 98.0 cm³/mol. The first-order valence-corrected chi connectivity index (χ1v) is 8.83. The van der Waals surface area contributed by atoms with Gasteiger partial charge in [-0.1, -0.05) is 0 Å². The number of hydrogen-bond acceptors (Lipinski definition) is 8. The van der Waals surface area contributed by atoms with Crippen molar-refractivity contribution in [1.82, 2.24) is 39.3 Å². The molecule has 0 saturated carbocycles. The fourth-order valence-electron chi connectivity index (χ4n) is 3.36. The predicted octanol–water partition coefficient (Wildman–Crippen LogP) is 0.141. The van der Waals surface area contributed by atoms with Gasteiger partial charge in [-0.05, 0) is 18.9 Å². The van der Waals surface area contributed by atoms with Crippen molar-refractivity contribution in [2.45, 2.75) is 26.0 Å². The van der Waals surface area contributed by atoms with Gasteiger partial charge in [-0.3, -0.25) is 0 Å². The van der Waals surface area contributed by atoms with E-state index >= 15 is 0 Å². The van der Waals surface area contributed by atoms with Crippen LogP contribution in [-0.2, 0) is 23.9 Å². The highest BCUT2D eigenvalue weighted by Crippen LogP contribution is 2.32. The number of anilines is 1. The monoisotopic (exact) mass is 379 g/mol.